The van der Waals surface area contributed by atoms with Gasteiger partial charge in [-0.2, -0.15) is 13.2 Å². The number of aryl methyl sites for hydroxylation is 1. The minimum Gasteiger partial charge on any atom is -0.354 e. The van der Waals surface area contributed by atoms with Gasteiger partial charge in [0.25, 0.3) is 0 Å². The number of benzene rings is 2. The van der Waals surface area contributed by atoms with Gasteiger partial charge in [-0.3, -0.25) is 9.36 Å². The van der Waals surface area contributed by atoms with Gasteiger partial charge in [0, 0.05) is 18.5 Å². The van der Waals surface area contributed by atoms with Crippen LogP contribution in [-0.2, 0) is 23.8 Å². The summed E-state index contributed by atoms with van der Waals surface area (Å²) in [6.07, 6.45) is -3.17. The van der Waals surface area contributed by atoms with Crippen molar-refractivity contribution in [2.45, 2.75) is 31.5 Å². The molecule has 1 N–H and O–H groups in total. The van der Waals surface area contributed by atoms with Crippen LogP contribution in [0.4, 0.5) is 17.6 Å². The normalized spacial score (nSPS) is 15.8. The Hall–Kier alpha value is -3.23. The van der Waals surface area contributed by atoms with Gasteiger partial charge in [-0.05, 0) is 36.6 Å². The SMILES string of the molecule is O=C(NCCc1ccccc1F)C1CCc2nnc(-c3cccc(C(F)(F)F)c3)n21. The Kier molecular flexibility index (Phi) is 5.27. The number of amides is 1. The van der Waals surface area contributed by atoms with Crippen LogP contribution in [0.5, 0.6) is 0 Å². The topological polar surface area (TPSA) is 59.8 Å². The largest absolute Gasteiger partial charge is 0.416 e. The molecule has 2 heterocycles. The zero-order chi connectivity index (χ0) is 21.3. The molecule has 3 aromatic rings. The molecular weight excluding hydrogens is 400 g/mol. The van der Waals surface area contributed by atoms with E-state index in [-0.39, 0.29) is 29.7 Å². The maximum Gasteiger partial charge on any atom is 0.416 e. The first kappa shape index (κ1) is 20.1. The van der Waals surface area contributed by atoms with Crippen LogP contribution in [-0.4, -0.2) is 27.2 Å². The molecule has 0 fully saturated rings. The van der Waals surface area contributed by atoms with Gasteiger partial charge in [0.1, 0.15) is 17.7 Å². The molecule has 156 valence electrons. The summed E-state index contributed by atoms with van der Waals surface area (Å²) >= 11 is 0. The molecule has 1 atom stereocenters. The smallest absolute Gasteiger partial charge is 0.354 e. The van der Waals surface area contributed by atoms with E-state index in [4.69, 9.17) is 0 Å². The average molecular weight is 418 g/mol. The first-order chi connectivity index (χ1) is 14.3. The number of alkyl halides is 3. The van der Waals surface area contributed by atoms with E-state index in [1.165, 1.54) is 18.2 Å². The maximum absolute atomic E-state index is 13.7. The summed E-state index contributed by atoms with van der Waals surface area (Å²) in [6.45, 7) is 0.243. The highest BCUT2D eigenvalue weighted by Crippen LogP contribution is 2.35. The van der Waals surface area contributed by atoms with Crippen molar-refractivity contribution in [3.8, 4) is 11.4 Å². The number of nitrogens with one attached hydrogen (secondary N) is 1. The van der Waals surface area contributed by atoms with Gasteiger partial charge < -0.3 is 5.32 Å². The van der Waals surface area contributed by atoms with Crippen LogP contribution in [0, 0.1) is 5.82 Å². The van der Waals surface area contributed by atoms with Gasteiger partial charge in [0.2, 0.25) is 5.91 Å². The Bertz CT molecular complexity index is 1080. The Labute approximate surface area is 169 Å². The van der Waals surface area contributed by atoms with Crippen molar-refractivity contribution in [3.05, 3.63) is 71.3 Å². The van der Waals surface area contributed by atoms with Crippen molar-refractivity contribution >= 4 is 5.91 Å². The monoisotopic (exact) mass is 418 g/mol. The molecule has 4 rings (SSSR count). The lowest BCUT2D eigenvalue weighted by molar-refractivity contribution is -0.137. The summed E-state index contributed by atoms with van der Waals surface area (Å²) in [6, 6.07) is 10.5. The van der Waals surface area contributed by atoms with E-state index in [9.17, 15) is 22.4 Å². The van der Waals surface area contributed by atoms with Gasteiger partial charge in [-0.25, -0.2) is 4.39 Å². The van der Waals surface area contributed by atoms with Crippen LogP contribution in [0.2, 0.25) is 0 Å². The molecule has 5 nitrogen and oxygen atoms in total. The molecule has 1 unspecified atom stereocenters. The number of nitrogens with zero attached hydrogens (tertiary/aromatic N) is 3. The number of halogens is 4. The molecule has 0 bridgehead atoms. The van der Waals surface area contributed by atoms with E-state index < -0.39 is 17.8 Å². The van der Waals surface area contributed by atoms with Gasteiger partial charge in [-0.15, -0.1) is 10.2 Å². The van der Waals surface area contributed by atoms with Gasteiger partial charge >= 0.3 is 6.18 Å². The van der Waals surface area contributed by atoms with Gasteiger partial charge in [-0.1, -0.05) is 30.3 Å². The van der Waals surface area contributed by atoms with E-state index in [2.05, 4.69) is 15.5 Å². The maximum atomic E-state index is 13.7. The summed E-state index contributed by atoms with van der Waals surface area (Å²) in [5, 5.41) is 10.8. The summed E-state index contributed by atoms with van der Waals surface area (Å²) in [5.41, 5.74) is -0.0465. The second kappa shape index (κ2) is 7.89. The van der Waals surface area contributed by atoms with Crippen molar-refractivity contribution in [1.82, 2.24) is 20.1 Å². The molecule has 0 aliphatic carbocycles. The molecule has 30 heavy (non-hydrogen) atoms. The predicted molar refractivity (Wildman–Crippen MR) is 101 cm³/mol. The van der Waals surface area contributed by atoms with Crippen LogP contribution < -0.4 is 5.32 Å². The number of hydrogen-bond donors (Lipinski definition) is 1. The van der Waals surface area contributed by atoms with E-state index in [1.807, 2.05) is 0 Å². The van der Waals surface area contributed by atoms with E-state index >= 15 is 0 Å². The lowest BCUT2D eigenvalue weighted by atomic mass is 10.1. The summed E-state index contributed by atoms with van der Waals surface area (Å²) in [4.78, 5) is 12.7. The molecule has 0 saturated heterocycles. The molecule has 1 amide bonds. The average Bonchev–Trinajstić information content (AvgIpc) is 3.31. The van der Waals surface area contributed by atoms with E-state index in [0.29, 0.717) is 30.7 Å². The third kappa shape index (κ3) is 3.92. The second-order valence-corrected chi connectivity index (χ2v) is 7.08. The highest BCUT2D eigenvalue weighted by atomic mass is 19.4. The Morgan fingerprint density at radius 2 is 1.93 bits per heavy atom. The second-order valence-electron chi connectivity index (χ2n) is 7.08. The summed E-state index contributed by atoms with van der Waals surface area (Å²) < 4.78 is 54.5. The molecule has 1 aromatic heterocycles. The number of fused-ring (bicyclic) bond motifs is 1. The van der Waals surface area contributed by atoms with Crippen molar-refractivity contribution in [2.75, 3.05) is 6.54 Å². The fourth-order valence-electron chi connectivity index (χ4n) is 3.64. The van der Waals surface area contributed by atoms with Crippen molar-refractivity contribution in [3.63, 3.8) is 0 Å². The molecule has 0 saturated carbocycles. The van der Waals surface area contributed by atoms with Crippen LogP contribution >= 0.6 is 0 Å². The van der Waals surface area contributed by atoms with E-state index in [1.54, 1.807) is 22.8 Å². The number of carbonyl (C=O) groups excluding carboxylic acids is 1. The number of aromatic nitrogens is 3. The fourth-order valence-corrected chi connectivity index (χ4v) is 3.64. The molecule has 0 radical (unpaired) electrons. The third-order valence-corrected chi connectivity index (χ3v) is 5.12. The highest BCUT2D eigenvalue weighted by Gasteiger charge is 2.34. The molecule has 1 aliphatic heterocycles. The quantitative estimate of drug-likeness (QED) is 0.639. The lowest BCUT2D eigenvalue weighted by Crippen LogP contribution is -2.33. The number of carbonyl (C=O) groups is 1. The van der Waals surface area contributed by atoms with E-state index in [0.717, 1.165) is 12.1 Å². The summed E-state index contributed by atoms with van der Waals surface area (Å²) in [7, 11) is 0. The fraction of sp³-hybridized carbons (Fsp3) is 0.286. The van der Waals surface area contributed by atoms with Crippen LogP contribution in [0.3, 0.4) is 0 Å². The van der Waals surface area contributed by atoms with Crippen LogP contribution in [0.25, 0.3) is 11.4 Å². The van der Waals surface area contributed by atoms with Crippen molar-refractivity contribution in [2.24, 2.45) is 0 Å². The number of hydrogen-bond acceptors (Lipinski definition) is 3. The molecule has 1 aliphatic rings. The van der Waals surface area contributed by atoms with Crippen LogP contribution in [0.15, 0.2) is 48.5 Å². The van der Waals surface area contributed by atoms with Crippen molar-refractivity contribution < 1.29 is 22.4 Å². The predicted octanol–water partition coefficient (Wildman–Crippen LogP) is 3.95. The Morgan fingerprint density at radius 3 is 2.70 bits per heavy atom. The Morgan fingerprint density at radius 1 is 1.13 bits per heavy atom. The van der Waals surface area contributed by atoms with Gasteiger partial charge in [0.05, 0.1) is 5.56 Å². The standard InChI is InChI=1S/C21H18F4N4O/c22-16-7-2-1-4-13(16)10-11-26-20(30)17-8-9-18-27-28-19(29(17)18)14-5-3-6-15(12-14)21(23,24)25/h1-7,12,17H,8-11H2,(H,26,30). The van der Waals surface area contributed by atoms with Crippen LogP contribution in [0.1, 0.15) is 29.4 Å². The molecule has 9 heteroatoms. The third-order valence-electron chi connectivity index (χ3n) is 5.12. The Balaban J connectivity index is 1.51. The number of rotatable bonds is 5. The minimum absolute atomic E-state index is 0.225. The molecule has 0 spiro atoms. The zero-order valence-electron chi connectivity index (χ0n) is 15.8. The summed E-state index contributed by atoms with van der Waals surface area (Å²) in [5.74, 6) is 0.151. The first-order valence-electron chi connectivity index (χ1n) is 9.47. The molecule has 2 aromatic carbocycles. The highest BCUT2D eigenvalue weighted by molar-refractivity contribution is 5.81. The first-order valence-corrected chi connectivity index (χ1v) is 9.47. The zero-order valence-corrected chi connectivity index (χ0v) is 15.8. The molecular formula is C21H18F4N4O. The minimum atomic E-state index is -4.48. The van der Waals surface area contributed by atoms with Gasteiger partial charge in [0.15, 0.2) is 5.82 Å². The van der Waals surface area contributed by atoms with Crippen molar-refractivity contribution in [1.29, 1.82) is 0 Å². The lowest BCUT2D eigenvalue weighted by Gasteiger charge is -2.16.